The largest absolute Gasteiger partial charge is 0.451 e. The first-order chi connectivity index (χ1) is 15.1. The van der Waals surface area contributed by atoms with Crippen molar-refractivity contribution in [1.82, 2.24) is 4.90 Å². The van der Waals surface area contributed by atoms with E-state index in [1.54, 1.807) is 23.3 Å². The van der Waals surface area contributed by atoms with Crippen molar-refractivity contribution in [1.29, 1.82) is 0 Å². The molecular formula is C23H24N2O4S2. The van der Waals surface area contributed by atoms with E-state index in [-0.39, 0.29) is 12.5 Å². The van der Waals surface area contributed by atoms with E-state index in [1.807, 2.05) is 53.2 Å². The molecule has 0 unspecified atom stereocenters. The Kier molecular flexibility index (Phi) is 7.01. The molecule has 2 aromatic heterocycles. The highest BCUT2D eigenvalue weighted by molar-refractivity contribution is 7.18. The van der Waals surface area contributed by atoms with Crippen molar-refractivity contribution in [3.05, 3.63) is 63.7 Å². The van der Waals surface area contributed by atoms with Crippen molar-refractivity contribution < 1.29 is 19.1 Å². The summed E-state index contributed by atoms with van der Waals surface area (Å²) in [4.78, 5) is 29.4. The average Bonchev–Trinajstić information content (AvgIpc) is 3.48. The van der Waals surface area contributed by atoms with Gasteiger partial charge >= 0.3 is 5.97 Å². The van der Waals surface area contributed by atoms with Gasteiger partial charge in [-0.3, -0.25) is 4.79 Å². The smallest absolute Gasteiger partial charge is 0.348 e. The van der Waals surface area contributed by atoms with Gasteiger partial charge < -0.3 is 19.3 Å². The molecule has 0 spiro atoms. The van der Waals surface area contributed by atoms with Crippen molar-refractivity contribution in [2.75, 3.05) is 44.9 Å². The van der Waals surface area contributed by atoms with E-state index >= 15 is 0 Å². The number of hydrogen-bond acceptors (Lipinski definition) is 7. The summed E-state index contributed by atoms with van der Waals surface area (Å²) in [5.74, 6) is -0.702. The van der Waals surface area contributed by atoms with E-state index in [2.05, 4.69) is 4.90 Å². The Morgan fingerprint density at radius 2 is 1.94 bits per heavy atom. The van der Waals surface area contributed by atoms with Crippen molar-refractivity contribution >= 4 is 39.6 Å². The van der Waals surface area contributed by atoms with Crippen LogP contribution in [-0.2, 0) is 20.8 Å². The van der Waals surface area contributed by atoms with Gasteiger partial charge in [0.1, 0.15) is 4.88 Å². The molecule has 1 saturated heterocycles. The van der Waals surface area contributed by atoms with E-state index in [9.17, 15) is 9.59 Å². The molecule has 0 bridgehead atoms. The van der Waals surface area contributed by atoms with Crippen LogP contribution in [0.5, 0.6) is 0 Å². The molecular weight excluding hydrogens is 432 g/mol. The molecule has 1 amide bonds. The maximum Gasteiger partial charge on any atom is 0.348 e. The van der Waals surface area contributed by atoms with Crippen molar-refractivity contribution in [3.63, 3.8) is 0 Å². The van der Waals surface area contributed by atoms with Gasteiger partial charge in [-0.05, 0) is 34.0 Å². The fourth-order valence-corrected chi connectivity index (χ4v) is 5.15. The molecule has 0 radical (unpaired) electrons. The molecule has 0 atom stereocenters. The number of rotatable bonds is 7. The number of anilines is 1. The van der Waals surface area contributed by atoms with Gasteiger partial charge in [-0.2, -0.15) is 11.3 Å². The van der Waals surface area contributed by atoms with Crippen LogP contribution in [0.2, 0.25) is 0 Å². The lowest BCUT2D eigenvalue weighted by Gasteiger charge is -2.28. The van der Waals surface area contributed by atoms with Crippen LogP contribution in [0.1, 0.15) is 15.2 Å². The van der Waals surface area contributed by atoms with Gasteiger partial charge in [0.2, 0.25) is 0 Å². The molecule has 162 valence electrons. The standard InChI is InChI=1S/C23H24N2O4S2/c1-24(14-17-7-12-30-16-17)21(26)15-29-23(27)20-13-19(18-5-3-2-4-6-18)22(31-20)25-8-10-28-11-9-25/h2-7,12-13,16H,8-11,14-15H2,1H3. The summed E-state index contributed by atoms with van der Waals surface area (Å²) in [5, 5.41) is 5.00. The predicted octanol–water partition coefficient (Wildman–Crippen LogP) is 4.13. The predicted molar refractivity (Wildman–Crippen MR) is 124 cm³/mol. The Morgan fingerprint density at radius 1 is 1.16 bits per heavy atom. The van der Waals surface area contributed by atoms with E-state index in [0.29, 0.717) is 24.6 Å². The van der Waals surface area contributed by atoms with Crippen LogP contribution in [0.15, 0.2) is 53.2 Å². The van der Waals surface area contributed by atoms with Gasteiger partial charge in [0, 0.05) is 32.2 Å². The highest BCUT2D eigenvalue weighted by atomic mass is 32.1. The number of esters is 1. The third-order valence-corrected chi connectivity index (χ3v) is 6.96. The second-order valence-electron chi connectivity index (χ2n) is 7.25. The third-order valence-electron chi connectivity index (χ3n) is 5.05. The zero-order chi connectivity index (χ0) is 21.6. The maximum absolute atomic E-state index is 12.7. The van der Waals surface area contributed by atoms with Crippen LogP contribution in [-0.4, -0.2) is 56.7 Å². The Hall–Kier alpha value is -2.68. The minimum atomic E-state index is -0.473. The number of amides is 1. The lowest BCUT2D eigenvalue weighted by molar-refractivity contribution is -0.133. The van der Waals surface area contributed by atoms with Gasteiger partial charge in [0.15, 0.2) is 6.61 Å². The Labute approximate surface area is 189 Å². The monoisotopic (exact) mass is 456 g/mol. The lowest BCUT2D eigenvalue weighted by Crippen LogP contribution is -2.35. The normalized spacial score (nSPS) is 13.8. The second kappa shape index (κ2) is 10.1. The molecule has 0 saturated carbocycles. The summed E-state index contributed by atoms with van der Waals surface area (Å²) >= 11 is 2.99. The van der Waals surface area contributed by atoms with Crippen LogP contribution in [0.4, 0.5) is 5.00 Å². The SMILES string of the molecule is CN(Cc1ccsc1)C(=O)COC(=O)c1cc(-c2ccccc2)c(N2CCOCC2)s1. The molecule has 3 aromatic rings. The first kappa shape index (κ1) is 21.5. The van der Waals surface area contributed by atoms with Crippen LogP contribution in [0, 0.1) is 0 Å². The summed E-state index contributed by atoms with van der Waals surface area (Å²) in [6.07, 6.45) is 0. The van der Waals surface area contributed by atoms with Gasteiger partial charge in [-0.25, -0.2) is 4.79 Å². The number of morpholine rings is 1. The van der Waals surface area contributed by atoms with Gasteiger partial charge in [-0.15, -0.1) is 11.3 Å². The molecule has 0 N–H and O–H groups in total. The minimum absolute atomic E-state index is 0.229. The molecule has 31 heavy (non-hydrogen) atoms. The number of carbonyl (C=O) groups is 2. The highest BCUT2D eigenvalue weighted by Gasteiger charge is 2.23. The Morgan fingerprint density at radius 3 is 2.65 bits per heavy atom. The van der Waals surface area contributed by atoms with E-state index in [0.717, 1.165) is 34.8 Å². The highest BCUT2D eigenvalue weighted by Crippen LogP contribution is 2.39. The van der Waals surface area contributed by atoms with Gasteiger partial charge in [-0.1, -0.05) is 30.3 Å². The summed E-state index contributed by atoms with van der Waals surface area (Å²) in [7, 11) is 1.71. The number of ether oxygens (including phenoxy) is 2. The molecule has 8 heteroatoms. The zero-order valence-corrected chi connectivity index (χ0v) is 18.9. The quantitative estimate of drug-likeness (QED) is 0.501. The fraction of sp³-hybridized carbons (Fsp3) is 0.304. The molecule has 1 aliphatic rings. The second-order valence-corrected chi connectivity index (χ2v) is 9.06. The number of likely N-dealkylation sites (N-methyl/N-ethyl adjacent to an activating group) is 1. The number of thiophene rings is 2. The molecule has 1 fully saturated rings. The summed E-state index contributed by atoms with van der Waals surface area (Å²) in [6.45, 7) is 3.11. The van der Waals surface area contributed by atoms with Crippen molar-refractivity contribution in [2.24, 2.45) is 0 Å². The van der Waals surface area contributed by atoms with Crippen LogP contribution < -0.4 is 4.90 Å². The maximum atomic E-state index is 12.7. The number of benzene rings is 1. The summed E-state index contributed by atoms with van der Waals surface area (Å²) in [5.41, 5.74) is 3.11. The van der Waals surface area contributed by atoms with Gasteiger partial charge in [0.25, 0.3) is 5.91 Å². The first-order valence-corrected chi connectivity index (χ1v) is 11.8. The fourth-order valence-electron chi connectivity index (χ4n) is 3.36. The van der Waals surface area contributed by atoms with Crippen molar-refractivity contribution in [3.8, 4) is 11.1 Å². The molecule has 4 rings (SSSR count). The molecule has 6 nitrogen and oxygen atoms in total. The first-order valence-electron chi connectivity index (χ1n) is 10.1. The van der Waals surface area contributed by atoms with E-state index < -0.39 is 5.97 Å². The molecule has 1 aliphatic heterocycles. The number of hydrogen-bond donors (Lipinski definition) is 0. The number of nitrogens with zero attached hydrogens (tertiary/aromatic N) is 2. The summed E-state index contributed by atoms with van der Waals surface area (Å²) < 4.78 is 10.8. The molecule has 3 heterocycles. The Balaban J connectivity index is 1.46. The molecule has 0 aliphatic carbocycles. The Bertz CT molecular complexity index is 1010. The third kappa shape index (κ3) is 5.33. The van der Waals surface area contributed by atoms with Crippen LogP contribution >= 0.6 is 22.7 Å². The van der Waals surface area contributed by atoms with Gasteiger partial charge in [0.05, 0.1) is 18.2 Å². The van der Waals surface area contributed by atoms with Crippen molar-refractivity contribution in [2.45, 2.75) is 6.54 Å². The topological polar surface area (TPSA) is 59.1 Å². The minimum Gasteiger partial charge on any atom is -0.451 e. The lowest BCUT2D eigenvalue weighted by atomic mass is 10.1. The van der Waals surface area contributed by atoms with Crippen LogP contribution in [0.25, 0.3) is 11.1 Å². The average molecular weight is 457 g/mol. The zero-order valence-electron chi connectivity index (χ0n) is 17.3. The van der Waals surface area contributed by atoms with E-state index in [1.165, 1.54) is 11.3 Å². The van der Waals surface area contributed by atoms with E-state index in [4.69, 9.17) is 9.47 Å². The molecule has 1 aromatic carbocycles. The number of carbonyl (C=O) groups excluding carboxylic acids is 2. The summed E-state index contributed by atoms with van der Waals surface area (Å²) in [6, 6.07) is 13.8. The van der Waals surface area contributed by atoms with Crippen LogP contribution in [0.3, 0.4) is 0 Å².